The average Bonchev–Trinajstić information content (AvgIpc) is 2.96. The highest BCUT2D eigenvalue weighted by atomic mass is 32.2. The maximum atomic E-state index is 11.0. The molecule has 0 fully saturated rings. The highest BCUT2D eigenvalue weighted by molar-refractivity contribution is 8.13. The number of anilines is 1. The van der Waals surface area contributed by atoms with Crippen LogP contribution in [0.25, 0.3) is 16.7 Å². The van der Waals surface area contributed by atoms with Gasteiger partial charge in [0, 0.05) is 41.9 Å². The summed E-state index contributed by atoms with van der Waals surface area (Å²) in [4.78, 5) is 13.2. The van der Waals surface area contributed by atoms with Crippen LogP contribution >= 0.6 is 11.8 Å². The number of carbonyl (C=O) groups is 1. The number of nitrogens with zero attached hydrogens (tertiary/aromatic N) is 4. The maximum Gasteiger partial charge on any atom is 0.185 e. The Morgan fingerprint density at radius 2 is 1.44 bits per heavy atom. The molecule has 1 heterocycles. The van der Waals surface area contributed by atoms with E-state index in [-0.39, 0.29) is 10.7 Å². The second-order valence-electron chi connectivity index (χ2n) is 9.50. The Bertz CT molecular complexity index is 1430. The van der Waals surface area contributed by atoms with Crippen LogP contribution in [0.1, 0.15) is 63.9 Å². The van der Waals surface area contributed by atoms with Gasteiger partial charge in [-0.05, 0) is 41.9 Å². The third kappa shape index (κ3) is 9.03. The number of allylic oxidation sites excluding steroid dienone is 3. The molecule has 0 N–H and O–H groups in total. The summed E-state index contributed by atoms with van der Waals surface area (Å²) in [6, 6.07) is 21.3. The van der Waals surface area contributed by atoms with Gasteiger partial charge in [0.05, 0.1) is 11.6 Å². The number of rotatable bonds is 12. The molecule has 1 aliphatic rings. The van der Waals surface area contributed by atoms with Crippen molar-refractivity contribution < 1.29 is 4.79 Å². The molecule has 39 heavy (non-hydrogen) atoms. The lowest BCUT2D eigenvalue weighted by atomic mass is 9.97. The number of hydrogen-bond donors (Lipinski definition) is 0. The van der Waals surface area contributed by atoms with Gasteiger partial charge in [0.25, 0.3) is 0 Å². The van der Waals surface area contributed by atoms with Gasteiger partial charge in [0.2, 0.25) is 0 Å². The molecule has 5 nitrogen and oxygen atoms in total. The summed E-state index contributed by atoms with van der Waals surface area (Å²) in [7, 11) is 0. The highest BCUT2D eigenvalue weighted by Gasteiger charge is 2.16. The van der Waals surface area contributed by atoms with E-state index in [4.69, 9.17) is 10.5 Å². The topological polar surface area (TPSA) is 91.7 Å². The summed E-state index contributed by atoms with van der Waals surface area (Å²) in [5, 5.41) is 29.6. The van der Waals surface area contributed by atoms with Gasteiger partial charge in [-0.15, -0.1) is 0 Å². The molecule has 0 aromatic heterocycles. The van der Waals surface area contributed by atoms with E-state index in [2.05, 4.69) is 35.4 Å². The molecule has 0 saturated heterocycles. The Kier molecular flexibility index (Phi) is 12.1. The van der Waals surface area contributed by atoms with Crippen LogP contribution in [0.2, 0.25) is 0 Å². The molecule has 0 spiro atoms. The van der Waals surface area contributed by atoms with Gasteiger partial charge in [-0.1, -0.05) is 92.8 Å². The van der Waals surface area contributed by atoms with Gasteiger partial charge in [0.15, 0.2) is 5.12 Å². The van der Waals surface area contributed by atoms with Crippen molar-refractivity contribution in [2.24, 2.45) is 0 Å². The molecular weight excluding hydrogens is 500 g/mol. The van der Waals surface area contributed by atoms with Crippen molar-refractivity contribution in [2.45, 2.75) is 58.3 Å². The fraction of sp³-hybridized carbons (Fsp3) is 0.333. The second-order valence-corrected chi connectivity index (χ2v) is 10.8. The molecule has 2 aromatic rings. The zero-order valence-corrected chi connectivity index (χ0v) is 23.3. The van der Waals surface area contributed by atoms with E-state index in [1.54, 1.807) is 31.2 Å². The van der Waals surface area contributed by atoms with Crippen molar-refractivity contribution in [3.05, 3.63) is 82.9 Å². The first kappa shape index (κ1) is 29.5. The summed E-state index contributed by atoms with van der Waals surface area (Å²) < 4.78 is 0. The van der Waals surface area contributed by atoms with E-state index >= 15 is 0 Å². The summed E-state index contributed by atoms with van der Waals surface area (Å²) in [5.74, 6) is 0.951. The molecule has 0 radical (unpaired) electrons. The van der Waals surface area contributed by atoms with E-state index < -0.39 is 0 Å². The third-order valence-corrected chi connectivity index (χ3v) is 7.59. The van der Waals surface area contributed by atoms with Crippen molar-refractivity contribution in [1.29, 1.82) is 15.8 Å². The zero-order chi connectivity index (χ0) is 27.9. The molecule has 0 aliphatic carbocycles. The van der Waals surface area contributed by atoms with Crippen LogP contribution in [0.5, 0.6) is 0 Å². The number of nitriles is 3. The molecule has 198 valence electrons. The monoisotopic (exact) mass is 534 g/mol. The number of thioether (sulfide) groups is 1. The highest BCUT2D eigenvalue weighted by Crippen LogP contribution is 2.33. The van der Waals surface area contributed by atoms with Crippen molar-refractivity contribution in [3.8, 4) is 18.2 Å². The van der Waals surface area contributed by atoms with E-state index in [0.717, 1.165) is 47.2 Å². The Morgan fingerprint density at radius 3 is 2.08 bits per heavy atom. The second kappa shape index (κ2) is 16.0. The molecule has 0 saturated carbocycles. The molecule has 0 amide bonds. The quantitative estimate of drug-likeness (QED) is 0.294. The van der Waals surface area contributed by atoms with Gasteiger partial charge in [0.1, 0.15) is 17.7 Å². The van der Waals surface area contributed by atoms with Crippen LogP contribution in [0.15, 0.2) is 66.9 Å². The van der Waals surface area contributed by atoms with E-state index in [9.17, 15) is 10.1 Å². The Labute approximate surface area is 236 Å². The van der Waals surface area contributed by atoms with Crippen LogP contribution < -0.4 is 15.3 Å². The van der Waals surface area contributed by atoms with Crippen molar-refractivity contribution >= 4 is 39.3 Å². The molecular formula is C33H34N4OS. The molecule has 3 rings (SSSR count). The number of carbonyl (C=O) groups excluding carboxylic acids is 1. The Morgan fingerprint density at radius 1 is 0.821 bits per heavy atom. The van der Waals surface area contributed by atoms with Crippen LogP contribution in [0.4, 0.5) is 5.69 Å². The average molecular weight is 535 g/mol. The number of benzene rings is 2. The minimum atomic E-state index is 0.0550. The minimum absolute atomic E-state index is 0.0550. The standard InChI is InChI=1S/C33H34N4OS/c1-26(38)39-21-11-7-5-3-2-4-6-10-19-37-20-18-29(32-12-8-9-13-33(32)37)22-30(23-34)27-14-16-28(17-15-27)31(24-35)25-36/h8-9,12-18,20,22H,2-7,10-11,19,21H2,1H3/b29-22+. The summed E-state index contributed by atoms with van der Waals surface area (Å²) >= 11 is 1.43. The van der Waals surface area contributed by atoms with Crippen LogP contribution in [0, 0.1) is 34.0 Å². The first-order chi connectivity index (χ1) is 19.1. The molecule has 0 unspecified atom stereocenters. The smallest absolute Gasteiger partial charge is 0.185 e. The normalized spacial score (nSPS) is 12.8. The zero-order valence-electron chi connectivity index (χ0n) is 22.5. The number of para-hydroxylation sites is 1. The lowest BCUT2D eigenvalue weighted by molar-refractivity contribution is -0.109. The van der Waals surface area contributed by atoms with Gasteiger partial charge in [-0.2, -0.15) is 15.8 Å². The molecule has 1 aliphatic heterocycles. The van der Waals surface area contributed by atoms with Gasteiger partial charge in [-0.25, -0.2) is 0 Å². The lowest BCUT2D eigenvalue weighted by Crippen LogP contribution is -2.21. The van der Waals surface area contributed by atoms with Gasteiger partial charge < -0.3 is 4.90 Å². The van der Waals surface area contributed by atoms with Crippen LogP contribution in [0.3, 0.4) is 0 Å². The van der Waals surface area contributed by atoms with E-state index in [1.165, 1.54) is 50.3 Å². The fourth-order valence-electron chi connectivity index (χ4n) is 4.60. The summed E-state index contributed by atoms with van der Waals surface area (Å²) in [6.45, 7) is 2.59. The maximum absolute atomic E-state index is 11.0. The number of hydrogen-bond acceptors (Lipinski definition) is 6. The first-order valence-electron chi connectivity index (χ1n) is 13.5. The van der Waals surface area contributed by atoms with Crippen LogP contribution in [-0.2, 0) is 4.79 Å². The summed E-state index contributed by atoms with van der Waals surface area (Å²) in [6.07, 6.45) is 15.8. The van der Waals surface area contributed by atoms with Crippen LogP contribution in [-0.4, -0.2) is 17.4 Å². The largest absolute Gasteiger partial charge is 0.347 e. The molecule has 2 aromatic carbocycles. The molecule has 0 bridgehead atoms. The fourth-order valence-corrected chi connectivity index (χ4v) is 5.23. The lowest BCUT2D eigenvalue weighted by Gasteiger charge is -2.27. The SMILES string of the molecule is CC(=O)SCCCCCCCCCCN1C=C/C(=C\C(C#N)=c2ccc(=C(C#N)C#N)cc2)c2ccccc21. The molecule has 0 atom stereocenters. The Balaban J connectivity index is 1.59. The first-order valence-corrected chi connectivity index (χ1v) is 14.5. The van der Waals surface area contributed by atoms with Crippen molar-refractivity contribution in [1.82, 2.24) is 0 Å². The predicted molar refractivity (Wildman–Crippen MR) is 160 cm³/mol. The van der Waals surface area contributed by atoms with Crippen molar-refractivity contribution in [3.63, 3.8) is 0 Å². The number of fused-ring (bicyclic) bond motifs is 1. The molecule has 6 heteroatoms. The van der Waals surface area contributed by atoms with Gasteiger partial charge >= 0.3 is 0 Å². The van der Waals surface area contributed by atoms with E-state index in [1.807, 2.05) is 30.3 Å². The number of unbranched alkanes of at least 4 members (excludes halogenated alkanes) is 7. The summed E-state index contributed by atoms with van der Waals surface area (Å²) in [5.41, 5.74) is 3.80. The van der Waals surface area contributed by atoms with Crippen molar-refractivity contribution in [2.75, 3.05) is 17.2 Å². The minimum Gasteiger partial charge on any atom is -0.347 e. The van der Waals surface area contributed by atoms with Gasteiger partial charge in [-0.3, -0.25) is 4.79 Å². The van der Waals surface area contributed by atoms with E-state index in [0.29, 0.717) is 10.8 Å². The third-order valence-electron chi connectivity index (χ3n) is 6.69. The predicted octanol–water partition coefficient (Wildman–Crippen LogP) is 6.38. The Hall–Kier alpha value is -4.05.